The van der Waals surface area contributed by atoms with E-state index in [-0.39, 0.29) is 46.3 Å². The molecule has 0 aromatic rings. The molecule has 4 rings (SSSR count). The zero-order valence-electron chi connectivity index (χ0n) is 23.3. The Morgan fingerprint density at radius 3 is 2.32 bits per heavy atom. The number of Topliss-reactive ketones (excluding diaryl/α,β-unsaturated/α-hetero) is 2. The minimum absolute atomic E-state index is 0.0291. The topological polar surface area (TPSA) is 54.4 Å². The number of carbonyl (C=O) groups is 2. The highest BCUT2D eigenvalue weighted by Gasteiger charge is 2.70. The average Bonchev–Trinajstić information content (AvgIpc) is 2.72. The van der Waals surface area contributed by atoms with Crippen molar-refractivity contribution in [1.29, 1.82) is 0 Å². The maximum atomic E-state index is 14.1. The van der Waals surface area contributed by atoms with E-state index in [0.29, 0.717) is 17.8 Å². The third kappa shape index (κ3) is 3.69. The number of rotatable bonds is 5. The van der Waals surface area contributed by atoms with Crippen LogP contribution in [0.15, 0.2) is 0 Å². The zero-order valence-corrected chi connectivity index (χ0v) is 23.3. The van der Waals surface area contributed by atoms with Gasteiger partial charge in [0.1, 0.15) is 11.6 Å². The molecular weight excluding hydrogens is 420 g/mol. The Morgan fingerprint density at radius 1 is 1.03 bits per heavy atom. The predicted octanol–water partition coefficient (Wildman–Crippen LogP) is 7.10. The Hall–Kier alpha value is -0.700. The number of aliphatic hydroxyl groups excluding tert-OH is 1. The van der Waals surface area contributed by atoms with Crippen molar-refractivity contribution in [3.63, 3.8) is 0 Å². The van der Waals surface area contributed by atoms with E-state index in [1.807, 2.05) is 0 Å². The minimum atomic E-state index is -0.549. The van der Waals surface area contributed by atoms with E-state index >= 15 is 0 Å². The lowest BCUT2D eigenvalue weighted by Gasteiger charge is -2.69. The van der Waals surface area contributed by atoms with Gasteiger partial charge in [0.2, 0.25) is 0 Å². The van der Waals surface area contributed by atoms with Crippen LogP contribution in [0.3, 0.4) is 0 Å². The van der Waals surface area contributed by atoms with Crippen molar-refractivity contribution in [2.45, 2.75) is 119 Å². The lowest BCUT2D eigenvalue weighted by Crippen LogP contribution is -2.69. The molecule has 3 heteroatoms. The molecule has 0 aromatic heterocycles. The van der Waals surface area contributed by atoms with E-state index in [0.717, 1.165) is 18.8 Å². The summed E-state index contributed by atoms with van der Waals surface area (Å²) >= 11 is 0. The van der Waals surface area contributed by atoms with Crippen molar-refractivity contribution in [2.24, 2.45) is 63.6 Å². The van der Waals surface area contributed by atoms with Crippen molar-refractivity contribution in [1.82, 2.24) is 0 Å². The van der Waals surface area contributed by atoms with E-state index in [2.05, 4.69) is 48.5 Å². The fourth-order valence-corrected chi connectivity index (χ4v) is 10.7. The van der Waals surface area contributed by atoms with E-state index in [4.69, 9.17) is 0 Å². The molecular formula is C31H52O3. The molecule has 4 aliphatic carbocycles. The molecule has 0 spiro atoms. The fourth-order valence-electron chi connectivity index (χ4n) is 10.7. The number of hydrogen-bond acceptors (Lipinski definition) is 3. The molecule has 34 heavy (non-hydrogen) atoms. The number of hydrogen-bond donors (Lipinski definition) is 1. The maximum Gasteiger partial charge on any atom is 0.150 e. The highest BCUT2D eigenvalue weighted by Crippen LogP contribution is 2.72. The standard InChI is InChI=1S/C31H52O3/c1-9-10-11-12-22-14-13-18(2)25-23(22)16-29(6)17-30(7)15-19(3)24(21(5)32)28(34)31(30,8)20(4)26(29)27(25)33/h18-20,22-27,33H,9-17H2,1-8H3/t18?,19?,20?,22?,23?,24?,25?,26?,27?,29-,30+,31+/m0/s1. The fraction of sp³-hybridized carbons (Fsp3) is 0.935. The molecule has 0 aromatic carbocycles. The van der Waals surface area contributed by atoms with E-state index in [9.17, 15) is 14.7 Å². The molecule has 4 aliphatic rings. The summed E-state index contributed by atoms with van der Waals surface area (Å²) in [5.41, 5.74) is -0.617. The molecule has 0 amide bonds. The van der Waals surface area contributed by atoms with Crippen LogP contribution in [0.1, 0.15) is 113 Å². The Morgan fingerprint density at radius 2 is 1.71 bits per heavy atom. The number of unbranched alkanes of at least 4 members (excludes halogenated alkanes) is 2. The summed E-state index contributed by atoms with van der Waals surface area (Å²) in [4.78, 5) is 26.6. The SMILES string of the molecule is CCCCCC1CCC(C)C2C(O)C3C(C)[C@]4(C)C(=O)C(C(C)=O)C(C)C[C@]4(C)C[C@]3(C)CC12. The van der Waals surface area contributed by atoms with Crippen molar-refractivity contribution < 1.29 is 14.7 Å². The molecule has 12 atom stereocenters. The lowest BCUT2D eigenvalue weighted by atomic mass is 9.34. The van der Waals surface area contributed by atoms with Gasteiger partial charge in [0, 0.05) is 5.41 Å². The second kappa shape index (κ2) is 9.00. The van der Waals surface area contributed by atoms with E-state index < -0.39 is 11.3 Å². The normalized spacial score (nSPS) is 53.0. The smallest absolute Gasteiger partial charge is 0.150 e. The summed E-state index contributed by atoms with van der Waals surface area (Å²) in [5, 5.41) is 12.1. The summed E-state index contributed by atoms with van der Waals surface area (Å²) in [7, 11) is 0. The van der Waals surface area contributed by atoms with E-state index in [1.54, 1.807) is 6.92 Å². The van der Waals surface area contributed by atoms with Crippen LogP contribution in [0.4, 0.5) is 0 Å². The van der Waals surface area contributed by atoms with Crippen LogP contribution in [-0.4, -0.2) is 22.8 Å². The maximum absolute atomic E-state index is 14.1. The molecule has 194 valence electrons. The largest absolute Gasteiger partial charge is 0.392 e. The van der Waals surface area contributed by atoms with Gasteiger partial charge in [-0.15, -0.1) is 0 Å². The monoisotopic (exact) mass is 472 g/mol. The highest BCUT2D eigenvalue weighted by molar-refractivity contribution is 6.05. The molecule has 1 N–H and O–H groups in total. The van der Waals surface area contributed by atoms with Gasteiger partial charge in [0.25, 0.3) is 0 Å². The first-order chi connectivity index (χ1) is 15.8. The quantitative estimate of drug-likeness (QED) is 0.343. The number of ketones is 2. The Balaban J connectivity index is 1.72. The second-order valence-corrected chi connectivity index (χ2v) is 14.3. The van der Waals surface area contributed by atoms with Crippen LogP contribution in [0.25, 0.3) is 0 Å². The summed E-state index contributed by atoms with van der Waals surface area (Å²) in [6.07, 6.45) is 10.6. The summed E-state index contributed by atoms with van der Waals surface area (Å²) in [6, 6.07) is 0. The summed E-state index contributed by atoms with van der Waals surface area (Å²) in [6.45, 7) is 17.6. The lowest BCUT2D eigenvalue weighted by molar-refractivity contribution is -0.233. The van der Waals surface area contributed by atoms with Crippen LogP contribution in [0.2, 0.25) is 0 Å². The highest BCUT2D eigenvalue weighted by atomic mass is 16.3. The van der Waals surface area contributed by atoms with Gasteiger partial charge in [0.15, 0.2) is 0 Å². The summed E-state index contributed by atoms with van der Waals surface area (Å²) < 4.78 is 0. The third-order valence-corrected chi connectivity index (χ3v) is 12.3. The van der Waals surface area contributed by atoms with Crippen molar-refractivity contribution >= 4 is 11.6 Å². The average molecular weight is 473 g/mol. The first-order valence-electron chi connectivity index (χ1n) is 14.5. The summed E-state index contributed by atoms with van der Waals surface area (Å²) in [5.74, 6) is 2.30. The van der Waals surface area contributed by atoms with Gasteiger partial charge in [-0.2, -0.15) is 0 Å². The Labute approximate surface area is 209 Å². The molecule has 4 saturated carbocycles. The predicted molar refractivity (Wildman–Crippen MR) is 138 cm³/mol. The van der Waals surface area contributed by atoms with Gasteiger partial charge >= 0.3 is 0 Å². The first kappa shape index (κ1) is 26.4. The van der Waals surface area contributed by atoms with Crippen molar-refractivity contribution in [2.75, 3.05) is 0 Å². The molecule has 0 bridgehead atoms. The molecule has 0 saturated heterocycles. The van der Waals surface area contributed by atoms with Gasteiger partial charge in [-0.25, -0.2) is 0 Å². The van der Waals surface area contributed by atoms with Crippen LogP contribution in [-0.2, 0) is 9.59 Å². The number of fused-ring (bicyclic) bond motifs is 3. The number of aliphatic hydroxyl groups is 1. The van der Waals surface area contributed by atoms with Crippen LogP contribution >= 0.6 is 0 Å². The third-order valence-electron chi connectivity index (χ3n) is 12.3. The minimum Gasteiger partial charge on any atom is -0.392 e. The van der Waals surface area contributed by atoms with Crippen LogP contribution < -0.4 is 0 Å². The van der Waals surface area contributed by atoms with Gasteiger partial charge in [0.05, 0.1) is 12.0 Å². The van der Waals surface area contributed by atoms with Gasteiger partial charge in [-0.1, -0.05) is 80.6 Å². The molecule has 0 heterocycles. The molecule has 3 nitrogen and oxygen atoms in total. The van der Waals surface area contributed by atoms with Gasteiger partial charge in [-0.05, 0) is 84.9 Å². The molecule has 9 unspecified atom stereocenters. The van der Waals surface area contributed by atoms with E-state index in [1.165, 1.54) is 44.9 Å². The number of carbonyl (C=O) groups excluding carboxylic acids is 2. The first-order valence-corrected chi connectivity index (χ1v) is 14.5. The Kier molecular flexibility index (Phi) is 6.98. The van der Waals surface area contributed by atoms with Crippen LogP contribution in [0.5, 0.6) is 0 Å². The van der Waals surface area contributed by atoms with Crippen LogP contribution in [0, 0.1) is 63.6 Å². The van der Waals surface area contributed by atoms with Gasteiger partial charge in [-0.3, -0.25) is 9.59 Å². The van der Waals surface area contributed by atoms with Gasteiger partial charge < -0.3 is 5.11 Å². The second-order valence-electron chi connectivity index (χ2n) is 14.3. The molecule has 0 radical (unpaired) electrons. The molecule has 0 aliphatic heterocycles. The van der Waals surface area contributed by atoms with Crippen molar-refractivity contribution in [3.05, 3.63) is 0 Å². The molecule has 4 fully saturated rings. The van der Waals surface area contributed by atoms with Crippen molar-refractivity contribution in [3.8, 4) is 0 Å². The Bertz CT molecular complexity index is 804. The zero-order chi connectivity index (χ0) is 25.2.